The van der Waals surface area contributed by atoms with Crippen molar-refractivity contribution >= 4 is 33.6 Å². The van der Waals surface area contributed by atoms with Crippen molar-refractivity contribution in [1.29, 1.82) is 0 Å². The summed E-state index contributed by atoms with van der Waals surface area (Å²) in [7, 11) is 1.61. The van der Waals surface area contributed by atoms with Crippen LogP contribution in [-0.2, 0) is 10.2 Å². The monoisotopic (exact) mass is 473 g/mol. The topological polar surface area (TPSA) is 47.6 Å². The van der Waals surface area contributed by atoms with E-state index in [-0.39, 0.29) is 11.3 Å². The molecule has 30 heavy (non-hydrogen) atoms. The van der Waals surface area contributed by atoms with E-state index in [0.29, 0.717) is 24.0 Å². The zero-order valence-electron chi connectivity index (χ0n) is 18.7. The molecule has 2 aromatic rings. The van der Waals surface area contributed by atoms with E-state index in [9.17, 15) is 4.79 Å². The summed E-state index contributed by atoms with van der Waals surface area (Å²) in [6.07, 6.45) is 4.25. The highest BCUT2D eigenvalue weighted by atomic mass is 79.9. The lowest BCUT2D eigenvalue weighted by Crippen LogP contribution is -2.12. The summed E-state index contributed by atoms with van der Waals surface area (Å²) in [4.78, 5) is 12.4. The predicted octanol–water partition coefficient (Wildman–Crippen LogP) is 6.83. The van der Waals surface area contributed by atoms with Gasteiger partial charge in [0, 0.05) is 10.5 Å². The van der Waals surface area contributed by atoms with Crippen LogP contribution in [-0.4, -0.2) is 19.6 Å². The Labute approximate surface area is 188 Å². The van der Waals surface area contributed by atoms with Crippen molar-refractivity contribution in [2.24, 2.45) is 5.92 Å². The number of carbonyl (C=O) groups is 1. The number of anilines is 1. The van der Waals surface area contributed by atoms with E-state index in [1.54, 1.807) is 13.2 Å². The second-order valence-corrected chi connectivity index (χ2v) is 9.56. The van der Waals surface area contributed by atoms with Gasteiger partial charge in [0.05, 0.1) is 19.4 Å². The summed E-state index contributed by atoms with van der Waals surface area (Å²) in [5.74, 6) is 1.75. The van der Waals surface area contributed by atoms with Crippen LogP contribution in [0.4, 0.5) is 5.69 Å². The minimum absolute atomic E-state index is 0.0503. The average Bonchev–Trinajstić information content (AvgIpc) is 2.67. The predicted molar refractivity (Wildman–Crippen MR) is 128 cm³/mol. The highest BCUT2D eigenvalue weighted by Crippen LogP contribution is 2.31. The molecule has 5 heteroatoms. The van der Waals surface area contributed by atoms with Crippen LogP contribution >= 0.6 is 15.9 Å². The summed E-state index contributed by atoms with van der Waals surface area (Å²) >= 11 is 3.55. The first-order valence-corrected chi connectivity index (χ1v) is 11.0. The Kier molecular flexibility index (Phi) is 8.54. The van der Waals surface area contributed by atoms with Gasteiger partial charge in [-0.2, -0.15) is 0 Å². The van der Waals surface area contributed by atoms with Gasteiger partial charge in [-0.3, -0.25) is 4.79 Å². The van der Waals surface area contributed by atoms with Crippen LogP contribution in [0.3, 0.4) is 0 Å². The number of carbonyl (C=O) groups excluding carboxylic acids is 1. The van der Waals surface area contributed by atoms with Crippen LogP contribution in [0.15, 0.2) is 46.9 Å². The van der Waals surface area contributed by atoms with E-state index in [0.717, 1.165) is 22.1 Å². The standard InChI is InChI=1S/C25H32BrNO3/c1-17(2)13-14-30-22-11-7-18(15-23(22)29-6)8-12-24(28)27-21-10-9-19(16-20(21)26)25(3,4)5/h7-12,15-17H,13-14H2,1-6H3,(H,27,28)/b12-8+. The van der Waals surface area contributed by atoms with E-state index in [2.05, 4.69) is 55.9 Å². The molecule has 0 fully saturated rings. The minimum atomic E-state index is -0.199. The Morgan fingerprint density at radius 3 is 2.47 bits per heavy atom. The van der Waals surface area contributed by atoms with Gasteiger partial charge in [-0.1, -0.05) is 46.8 Å². The van der Waals surface area contributed by atoms with Gasteiger partial charge in [-0.25, -0.2) is 0 Å². The maximum absolute atomic E-state index is 12.4. The van der Waals surface area contributed by atoms with E-state index in [4.69, 9.17) is 9.47 Å². The summed E-state index contributed by atoms with van der Waals surface area (Å²) in [5.41, 5.74) is 2.85. The number of nitrogens with one attached hydrogen (secondary N) is 1. The van der Waals surface area contributed by atoms with Gasteiger partial charge >= 0.3 is 0 Å². The molecular formula is C25H32BrNO3. The quantitative estimate of drug-likeness (QED) is 0.427. The molecule has 4 nitrogen and oxygen atoms in total. The van der Waals surface area contributed by atoms with E-state index >= 15 is 0 Å². The molecule has 0 unspecified atom stereocenters. The number of ether oxygens (including phenoxy) is 2. The molecule has 0 radical (unpaired) electrons. The zero-order chi connectivity index (χ0) is 22.3. The zero-order valence-corrected chi connectivity index (χ0v) is 20.3. The van der Waals surface area contributed by atoms with Gasteiger partial charge in [-0.15, -0.1) is 0 Å². The molecule has 0 aromatic heterocycles. The summed E-state index contributed by atoms with van der Waals surface area (Å²) in [6, 6.07) is 11.6. The molecule has 2 aromatic carbocycles. The first-order valence-electron chi connectivity index (χ1n) is 10.2. The first kappa shape index (κ1) is 24.0. The number of hydrogen-bond donors (Lipinski definition) is 1. The Morgan fingerprint density at radius 2 is 1.87 bits per heavy atom. The Hall–Kier alpha value is -2.27. The lowest BCUT2D eigenvalue weighted by atomic mass is 9.87. The Balaban J connectivity index is 2.04. The van der Waals surface area contributed by atoms with Crippen LogP contribution in [0.25, 0.3) is 6.08 Å². The van der Waals surface area contributed by atoms with Gasteiger partial charge in [0.25, 0.3) is 0 Å². The largest absolute Gasteiger partial charge is 0.493 e. The molecule has 0 heterocycles. The molecule has 1 N–H and O–H groups in total. The molecule has 0 spiro atoms. The molecule has 0 saturated carbocycles. The fourth-order valence-corrected chi connectivity index (χ4v) is 3.22. The highest BCUT2D eigenvalue weighted by Gasteiger charge is 2.15. The van der Waals surface area contributed by atoms with Crippen molar-refractivity contribution in [1.82, 2.24) is 0 Å². The smallest absolute Gasteiger partial charge is 0.248 e. The Morgan fingerprint density at radius 1 is 1.13 bits per heavy atom. The highest BCUT2D eigenvalue weighted by molar-refractivity contribution is 9.10. The fourth-order valence-electron chi connectivity index (χ4n) is 2.74. The number of benzene rings is 2. The third-order valence-corrected chi connectivity index (χ3v) is 5.32. The number of hydrogen-bond acceptors (Lipinski definition) is 3. The van der Waals surface area contributed by atoms with Crippen LogP contribution in [0.1, 0.15) is 52.2 Å². The minimum Gasteiger partial charge on any atom is -0.493 e. The summed E-state index contributed by atoms with van der Waals surface area (Å²) in [5, 5.41) is 2.91. The molecular weight excluding hydrogens is 442 g/mol. The molecule has 0 saturated heterocycles. The SMILES string of the molecule is COc1cc(/C=C/C(=O)Nc2ccc(C(C)(C)C)cc2Br)ccc1OCCC(C)C. The number of methoxy groups -OCH3 is 1. The third kappa shape index (κ3) is 7.21. The van der Waals surface area contributed by atoms with Crippen molar-refractivity contribution in [3.05, 3.63) is 58.1 Å². The molecule has 1 amide bonds. The molecule has 2 rings (SSSR count). The van der Waals surface area contributed by atoms with Crippen LogP contribution in [0.5, 0.6) is 11.5 Å². The lowest BCUT2D eigenvalue weighted by Gasteiger charge is -2.20. The maximum Gasteiger partial charge on any atom is 0.248 e. The van der Waals surface area contributed by atoms with Gasteiger partial charge in [0.2, 0.25) is 5.91 Å². The normalized spacial score (nSPS) is 11.7. The summed E-state index contributed by atoms with van der Waals surface area (Å²) < 4.78 is 12.1. The van der Waals surface area contributed by atoms with Crippen molar-refractivity contribution in [3.8, 4) is 11.5 Å². The number of halogens is 1. The van der Waals surface area contributed by atoms with Crippen molar-refractivity contribution in [2.75, 3.05) is 19.0 Å². The lowest BCUT2D eigenvalue weighted by molar-refractivity contribution is -0.111. The van der Waals surface area contributed by atoms with Gasteiger partial charge < -0.3 is 14.8 Å². The Bertz CT molecular complexity index is 898. The van der Waals surface area contributed by atoms with Gasteiger partial charge in [0.15, 0.2) is 11.5 Å². The van der Waals surface area contributed by atoms with E-state index < -0.39 is 0 Å². The van der Waals surface area contributed by atoms with Gasteiger partial charge in [0.1, 0.15) is 0 Å². The van der Waals surface area contributed by atoms with Crippen molar-refractivity contribution in [2.45, 2.75) is 46.5 Å². The molecule has 0 aliphatic rings. The van der Waals surface area contributed by atoms with Crippen LogP contribution < -0.4 is 14.8 Å². The fraction of sp³-hybridized carbons (Fsp3) is 0.400. The second-order valence-electron chi connectivity index (χ2n) is 8.71. The average molecular weight is 474 g/mol. The molecule has 0 aliphatic heterocycles. The van der Waals surface area contributed by atoms with Gasteiger partial charge in [-0.05, 0) is 75.2 Å². The summed E-state index contributed by atoms with van der Waals surface area (Å²) in [6.45, 7) is 11.4. The molecule has 162 valence electrons. The molecule has 0 atom stereocenters. The first-order chi connectivity index (χ1) is 14.1. The number of amides is 1. The second kappa shape index (κ2) is 10.7. The van der Waals surface area contributed by atoms with E-state index in [1.165, 1.54) is 11.6 Å². The number of rotatable bonds is 8. The molecule has 0 bridgehead atoms. The van der Waals surface area contributed by atoms with Crippen molar-refractivity contribution < 1.29 is 14.3 Å². The molecule has 0 aliphatic carbocycles. The van der Waals surface area contributed by atoms with E-state index in [1.807, 2.05) is 36.4 Å². The van der Waals surface area contributed by atoms with Crippen LogP contribution in [0, 0.1) is 5.92 Å². The maximum atomic E-state index is 12.4. The van der Waals surface area contributed by atoms with Crippen LogP contribution in [0.2, 0.25) is 0 Å². The van der Waals surface area contributed by atoms with Crippen molar-refractivity contribution in [3.63, 3.8) is 0 Å². The third-order valence-electron chi connectivity index (χ3n) is 4.66.